The number of urea groups is 1. The Morgan fingerprint density at radius 1 is 1.16 bits per heavy atom. The van der Waals surface area contributed by atoms with Crippen molar-refractivity contribution in [3.63, 3.8) is 0 Å². The summed E-state index contributed by atoms with van der Waals surface area (Å²) in [4.78, 5) is 29.2. The Morgan fingerprint density at radius 2 is 1.97 bits per heavy atom. The summed E-state index contributed by atoms with van der Waals surface area (Å²) in [5.41, 5.74) is 1.16. The highest BCUT2D eigenvalue weighted by Gasteiger charge is 2.43. The highest BCUT2D eigenvalue weighted by molar-refractivity contribution is 5.94. The molecule has 2 aromatic rings. The quantitative estimate of drug-likeness (QED) is 0.795. The summed E-state index contributed by atoms with van der Waals surface area (Å²) < 4.78 is 18.8. The molecule has 1 unspecified atom stereocenters. The summed E-state index contributed by atoms with van der Waals surface area (Å²) in [6.07, 6.45) is 3.93. The minimum absolute atomic E-state index is 0.125. The Hall–Kier alpha value is -3.11. The van der Waals surface area contributed by atoms with Crippen molar-refractivity contribution in [1.29, 1.82) is 0 Å². The molecule has 2 fully saturated rings. The van der Waals surface area contributed by atoms with E-state index in [9.17, 15) is 9.59 Å². The number of carbonyl (C=O) groups is 2. The third kappa shape index (κ3) is 4.80. The van der Waals surface area contributed by atoms with Gasteiger partial charge in [0.15, 0.2) is 0 Å². The molecule has 1 aromatic heterocycles. The maximum atomic E-state index is 13.0. The second kappa shape index (κ2) is 8.94. The van der Waals surface area contributed by atoms with Gasteiger partial charge in [0.2, 0.25) is 5.79 Å². The number of hydrogen-bond acceptors (Lipinski definition) is 6. The monoisotopic (exact) mass is 429 g/mol. The van der Waals surface area contributed by atoms with E-state index in [-0.39, 0.29) is 25.0 Å². The van der Waals surface area contributed by atoms with Crippen molar-refractivity contribution in [2.24, 2.45) is 7.05 Å². The minimum atomic E-state index is -1.06. The average molecular weight is 429 g/mol. The molecule has 1 aromatic carbocycles. The van der Waals surface area contributed by atoms with E-state index in [2.05, 4.69) is 10.4 Å². The molecular formula is C21H27N5O5. The lowest BCUT2D eigenvalue weighted by atomic mass is 10.2. The second-order valence-corrected chi connectivity index (χ2v) is 7.67. The van der Waals surface area contributed by atoms with Crippen molar-refractivity contribution >= 4 is 17.6 Å². The van der Waals surface area contributed by atoms with E-state index in [1.807, 2.05) is 12.1 Å². The largest absolute Gasteiger partial charge is 0.497 e. The van der Waals surface area contributed by atoms with Gasteiger partial charge in [-0.05, 0) is 18.6 Å². The van der Waals surface area contributed by atoms with Gasteiger partial charge in [0.25, 0.3) is 5.91 Å². The number of rotatable bonds is 3. The number of aromatic nitrogens is 2. The maximum absolute atomic E-state index is 13.0. The van der Waals surface area contributed by atoms with Crippen molar-refractivity contribution in [3.05, 3.63) is 42.2 Å². The molecule has 2 aliphatic heterocycles. The van der Waals surface area contributed by atoms with Crippen LogP contribution in [-0.4, -0.2) is 83.8 Å². The topological polar surface area (TPSA) is 98.2 Å². The number of benzene rings is 1. The first kappa shape index (κ1) is 21.1. The lowest BCUT2D eigenvalue weighted by molar-refractivity contribution is -0.258. The zero-order valence-corrected chi connectivity index (χ0v) is 17.7. The highest BCUT2D eigenvalue weighted by Crippen LogP contribution is 2.26. The lowest BCUT2D eigenvalue weighted by Crippen LogP contribution is -2.60. The first-order valence-electron chi connectivity index (χ1n) is 10.2. The number of amides is 3. The molecule has 31 heavy (non-hydrogen) atoms. The predicted octanol–water partition coefficient (Wildman–Crippen LogP) is 1.55. The summed E-state index contributed by atoms with van der Waals surface area (Å²) in [6, 6.07) is 6.92. The summed E-state index contributed by atoms with van der Waals surface area (Å²) >= 11 is 0. The van der Waals surface area contributed by atoms with Gasteiger partial charge in [-0.15, -0.1) is 0 Å². The number of methoxy groups -OCH3 is 1. The molecule has 10 heteroatoms. The van der Waals surface area contributed by atoms with Gasteiger partial charge in [-0.1, -0.05) is 6.07 Å². The second-order valence-electron chi connectivity index (χ2n) is 7.67. The Balaban J connectivity index is 1.46. The van der Waals surface area contributed by atoms with E-state index < -0.39 is 5.79 Å². The van der Waals surface area contributed by atoms with Crippen LogP contribution in [-0.2, 0) is 16.5 Å². The average Bonchev–Trinajstić information content (AvgIpc) is 3.11. The molecule has 0 bridgehead atoms. The molecule has 3 amide bonds. The Morgan fingerprint density at radius 3 is 2.74 bits per heavy atom. The van der Waals surface area contributed by atoms with Crippen molar-refractivity contribution in [2.45, 2.75) is 12.2 Å². The number of hydrogen-bond donors (Lipinski definition) is 1. The molecule has 10 nitrogen and oxygen atoms in total. The van der Waals surface area contributed by atoms with Crippen molar-refractivity contribution in [3.8, 4) is 5.75 Å². The van der Waals surface area contributed by atoms with E-state index in [1.54, 1.807) is 53.2 Å². The zero-order chi connectivity index (χ0) is 21.8. The van der Waals surface area contributed by atoms with E-state index in [4.69, 9.17) is 14.2 Å². The first-order chi connectivity index (χ1) is 15.0. The van der Waals surface area contributed by atoms with Crippen molar-refractivity contribution < 1.29 is 23.8 Å². The molecule has 3 heterocycles. The van der Waals surface area contributed by atoms with E-state index >= 15 is 0 Å². The molecule has 2 aliphatic rings. The number of morpholine rings is 1. The van der Waals surface area contributed by atoms with Crippen molar-refractivity contribution in [2.75, 3.05) is 51.8 Å². The molecule has 0 radical (unpaired) electrons. The van der Waals surface area contributed by atoms with Gasteiger partial charge < -0.3 is 29.3 Å². The number of carbonyl (C=O) groups excluding carboxylic acids is 2. The van der Waals surface area contributed by atoms with Gasteiger partial charge in [-0.2, -0.15) is 5.10 Å². The van der Waals surface area contributed by atoms with Gasteiger partial charge in [0.05, 0.1) is 45.2 Å². The van der Waals surface area contributed by atoms with Crippen LogP contribution in [0.5, 0.6) is 5.75 Å². The SMILES string of the molecule is COc1cccc(NC(=O)N2CCOC3(C2)CN(C(=O)c2cnn(C)c2)CCCO3)c1. The van der Waals surface area contributed by atoms with Crippen LogP contribution in [0.1, 0.15) is 16.8 Å². The number of aryl methyl sites for hydroxylation is 1. The number of nitrogens with one attached hydrogen (secondary N) is 1. The zero-order valence-electron chi connectivity index (χ0n) is 17.7. The summed E-state index contributed by atoms with van der Waals surface area (Å²) in [5.74, 6) is -0.523. The van der Waals surface area contributed by atoms with Crippen LogP contribution in [0.25, 0.3) is 0 Å². The van der Waals surface area contributed by atoms with E-state index in [0.717, 1.165) is 0 Å². The molecule has 0 saturated carbocycles. The van der Waals surface area contributed by atoms with Crippen LogP contribution in [0.2, 0.25) is 0 Å². The maximum Gasteiger partial charge on any atom is 0.322 e. The van der Waals surface area contributed by atoms with Crippen LogP contribution in [0, 0.1) is 0 Å². The van der Waals surface area contributed by atoms with Crippen LogP contribution in [0.4, 0.5) is 10.5 Å². The number of anilines is 1. The molecule has 4 rings (SSSR count). The van der Waals surface area contributed by atoms with Crippen LogP contribution >= 0.6 is 0 Å². The fourth-order valence-electron chi connectivity index (χ4n) is 3.83. The normalized spacial score (nSPS) is 21.6. The summed E-state index contributed by atoms with van der Waals surface area (Å²) in [7, 11) is 3.35. The van der Waals surface area contributed by atoms with E-state index in [0.29, 0.717) is 49.7 Å². The molecule has 1 N–H and O–H groups in total. The summed E-state index contributed by atoms with van der Waals surface area (Å²) in [6.45, 7) is 2.21. The van der Waals surface area contributed by atoms with Crippen LogP contribution in [0.3, 0.4) is 0 Å². The predicted molar refractivity (Wildman–Crippen MR) is 112 cm³/mol. The van der Waals surface area contributed by atoms with Gasteiger partial charge in [-0.25, -0.2) is 4.79 Å². The lowest BCUT2D eigenvalue weighted by Gasteiger charge is -2.42. The Labute approximate surface area is 180 Å². The fraction of sp³-hybridized carbons (Fsp3) is 0.476. The molecular weight excluding hydrogens is 402 g/mol. The Kier molecular flexibility index (Phi) is 6.10. The highest BCUT2D eigenvalue weighted by atomic mass is 16.7. The third-order valence-electron chi connectivity index (χ3n) is 5.37. The van der Waals surface area contributed by atoms with Crippen LogP contribution in [0.15, 0.2) is 36.7 Å². The summed E-state index contributed by atoms with van der Waals surface area (Å²) in [5, 5.41) is 6.97. The van der Waals surface area contributed by atoms with Gasteiger partial charge in [0, 0.05) is 38.1 Å². The Bertz CT molecular complexity index is 948. The number of nitrogens with zero attached hydrogens (tertiary/aromatic N) is 4. The van der Waals surface area contributed by atoms with Gasteiger partial charge in [-0.3, -0.25) is 9.48 Å². The number of ether oxygens (including phenoxy) is 3. The third-order valence-corrected chi connectivity index (χ3v) is 5.37. The molecule has 2 saturated heterocycles. The molecule has 166 valence electrons. The molecule has 1 spiro atoms. The van der Waals surface area contributed by atoms with E-state index in [1.165, 1.54) is 0 Å². The molecule has 1 atom stereocenters. The van der Waals surface area contributed by atoms with Gasteiger partial charge in [0.1, 0.15) is 5.75 Å². The van der Waals surface area contributed by atoms with Gasteiger partial charge >= 0.3 is 6.03 Å². The fourth-order valence-corrected chi connectivity index (χ4v) is 3.83. The standard InChI is InChI=1S/C21H27N5O5/c1-24-13-16(12-22-24)19(27)25-7-4-9-30-21(14-25)15-26(8-10-31-21)20(28)23-17-5-3-6-18(11-17)29-2/h3,5-6,11-13H,4,7-10,14-15H2,1-2H3,(H,23,28). The first-order valence-corrected chi connectivity index (χ1v) is 10.2. The van der Waals surface area contributed by atoms with Crippen molar-refractivity contribution in [1.82, 2.24) is 19.6 Å². The minimum Gasteiger partial charge on any atom is -0.497 e. The van der Waals surface area contributed by atoms with Crippen LogP contribution < -0.4 is 10.1 Å². The smallest absolute Gasteiger partial charge is 0.322 e. The molecule has 0 aliphatic carbocycles.